The van der Waals surface area contributed by atoms with E-state index in [2.05, 4.69) is 5.32 Å². The van der Waals surface area contributed by atoms with Crippen LogP contribution in [-0.4, -0.2) is 27.2 Å². The number of carbonyl (C=O) groups is 2. The van der Waals surface area contributed by atoms with Crippen molar-refractivity contribution in [1.29, 1.82) is 0 Å². The molecule has 0 bridgehead atoms. The van der Waals surface area contributed by atoms with Crippen molar-refractivity contribution in [2.75, 3.05) is 0 Å². The van der Waals surface area contributed by atoms with Crippen LogP contribution in [0, 0.1) is 16.0 Å². The number of carbonyl (C=O) groups excluding carboxylic acids is 1. The number of hydrogen-bond donors (Lipinski definition) is 2. The molecule has 2 rings (SSSR count). The molecule has 2 aromatic carbocycles. The molecule has 0 saturated carbocycles. The fourth-order valence-corrected chi connectivity index (χ4v) is 3.35. The molecule has 3 unspecified atom stereocenters. The Morgan fingerprint density at radius 1 is 1.07 bits per heavy atom. The Bertz CT molecular complexity index is 811. The number of benzene rings is 2. The van der Waals surface area contributed by atoms with Crippen LogP contribution in [0.4, 0.5) is 5.69 Å². The van der Waals surface area contributed by atoms with Crippen molar-refractivity contribution in [3.8, 4) is 0 Å². The molecule has 142 valence electrons. The van der Waals surface area contributed by atoms with Crippen molar-refractivity contribution in [3.05, 3.63) is 70.3 Å². The molecule has 1 amide bonds. The predicted octanol–water partition coefficient (Wildman–Crippen LogP) is 3.65. The monoisotopic (exact) mass is 388 g/mol. The molecule has 2 aromatic rings. The molecule has 27 heavy (non-hydrogen) atoms. The first-order valence-corrected chi connectivity index (χ1v) is 9.16. The van der Waals surface area contributed by atoms with Crippen molar-refractivity contribution in [1.82, 2.24) is 5.32 Å². The third-order valence-corrected chi connectivity index (χ3v) is 5.19. The third kappa shape index (κ3) is 5.55. The summed E-state index contributed by atoms with van der Waals surface area (Å²) >= 11 is 1.25. The van der Waals surface area contributed by atoms with Crippen molar-refractivity contribution in [3.63, 3.8) is 0 Å². The molecule has 0 heterocycles. The van der Waals surface area contributed by atoms with E-state index < -0.39 is 28.1 Å². The normalized spacial score (nSPS) is 14.0. The van der Waals surface area contributed by atoms with Crippen LogP contribution in [0.3, 0.4) is 0 Å². The van der Waals surface area contributed by atoms with Gasteiger partial charge in [-0.05, 0) is 31.5 Å². The van der Waals surface area contributed by atoms with Crippen molar-refractivity contribution in [2.45, 2.75) is 30.0 Å². The summed E-state index contributed by atoms with van der Waals surface area (Å²) < 4.78 is 0. The fraction of sp³-hybridized carbons (Fsp3) is 0.263. The highest BCUT2D eigenvalue weighted by molar-refractivity contribution is 8.00. The molecule has 0 aliphatic heterocycles. The Morgan fingerprint density at radius 3 is 2.19 bits per heavy atom. The van der Waals surface area contributed by atoms with E-state index in [9.17, 15) is 24.8 Å². The molecule has 0 saturated heterocycles. The lowest BCUT2D eigenvalue weighted by molar-refractivity contribution is -0.384. The van der Waals surface area contributed by atoms with Gasteiger partial charge in [0.05, 0.1) is 22.1 Å². The van der Waals surface area contributed by atoms with Gasteiger partial charge in [0, 0.05) is 17.0 Å². The molecule has 0 fully saturated rings. The number of carboxylic acid groups (broad SMARTS) is 1. The zero-order valence-corrected chi connectivity index (χ0v) is 15.7. The Kier molecular flexibility index (Phi) is 6.95. The predicted molar refractivity (Wildman–Crippen MR) is 103 cm³/mol. The van der Waals surface area contributed by atoms with Crippen LogP contribution in [0.15, 0.2) is 59.5 Å². The van der Waals surface area contributed by atoms with Gasteiger partial charge in [-0.3, -0.25) is 19.7 Å². The topological polar surface area (TPSA) is 110 Å². The Balaban J connectivity index is 2.09. The molecule has 0 spiro atoms. The van der Waals surface area contributed by atoms with Gasteiger partial charge in [0.2, 0.25) is 5.91 Å². The average molecular weight is 388 g/mol. The molecule has 0 radical (unpaired) electrons. The third-order valence-electron chi connectivity index (χ3n) is 4.08. The summed E-state index contributed by atoms with van der Waals surface area (Å²) in [6.45, 7) is 3.25. The van der Waals surface area contributed by atoms with Gasteiger partial charge >= 0.3 is 5.97 Å². The maximum absolute atomic E-state index is 12.6. The van der Waals surface area contributed by atoms with Gasteiger partial charge in [-0.15, -0.1) is 11.8 Å². The van der Waals surface area contributed by atoms with Crippen molar-refractivity contribution < 1.29 is 19.6 Å². The van der Waals surface area contributed by atoms with Crippen LogP contribution < -0.4 is 5.32 Å². The van der Waals surface area contributed by atoms with E-state index in [-0.39, 0.29) is 11.6 Å². The number of thioether (sulfide) groups is 1. The molecule has 0 aliphatic carbocycles. The molecule has 2 N–H and O–H groups in total. The maximum atomic E-state index is 12.6. The number of non-ortho nitro benzene ring substituents is 1. The van der Waals surface area contributed by atoms with E-state index in [0.29, 0.717) is 10.5 Å². The molecule has 7 nitrogen and oxygen atoms in total. The maximum Gasteiger partial charge on any atom is 0.308 e. The summed E-state index contributed by atoms with van der Waals surface area (Å²) in [4.78, 5) is 35.0. The second-order valence-corrected chi connectivity index (χ2v) is 7.45. The minimum absolute atomic E-state index is 0.0177. The van der Waals surface area contributed by atoms with Gasteiger partial charge in [-0.25, -0.2) is 0 Å². The number of amides is 1. The van der Waals surface area contributed by atoms with Crippen molar-refractivity contribution in [2.24, 2.45) is 5.92 Å². The van der Waals surface area contributed by atoms with Crippen LogP contribution >= 0.6 is 11.8 Å². The minimum atomic E-state index is -1.00. The van der Waals surface area contributed by atoms with Crippen LogP contribution in [0.5, 0.6) is 0 Å². The van der Waals surface area contributed by atoms with Gasteiger partial charge in [-0.1, -0.05) is 30.3 Å². The van der Waals surface area contributed by atoms with Crippen LogP contribution in [0.25, 0.3) is 0 Å². The van der Waals surface area contributed by atoms with Crippen LogP contribution in [0.1, 0.15) is 25.5 Å². The SMILES string of the molecule is CC(Sc1ccc([N+](=O)[O-])cc1)C(=O)NC(c1ccccc1)C(C)C(=O)O. The fourth-order valence-electron chi connectivity index (χ4n) is 2.47. The standard InChI is InChI=1S/C19H20N2O5S/c1-12(19(23)24)17(14-6-4-3-5-7-14)20-18(22)13(2)27-16-10-8-15(9-11-16)21(25)26/h3-13,17H,1-2H3,(H,20,22)(H,23,24). The van der Waals surface area contributed by atoms with E-state index >= 15 is 0 Å². The summed E-state index contributed by atoms with van der Waals surface area (Å²) in [6.07, 6.45) is 0. The van der Waals surface area contributed by atoms with E-state index in [0.717, 1.165) is 0 Å². The Labute approximate surface area is 160 Å². The highest BCUT2D eigenvalue weighted by atomic mass is 32.2. The number of aliphatic carboxylic acids is 1. The first kappa shape index (κ1) is 20.4. The average Bonchev–Trinajstić information content (AvgIpc) is 2.66. The van der Waals surface area contributed by atoms with Crippen molar-refractivity contribution >= 4 is 29.3 Å². The van der Waals surface area contributed by atoms with E-state index in [1.54, 1.807) is 50.2 Å². The summed E-state index contributed by atoms with van der Waals surface area (Å²) in [5, 5.41) is 22.4. The number of nitro benzene ring substituents is 1. The zero-order chi connectivity index (χ0) is 20.0. The lowest BCUT2D eigenvalue weighted by atomic mass is 9.94. The lowest BCUT2D eigenvalue weighted by Gasteiger charge is -2.24. The smallest absolute Gasteiger partial charge is 0.308 e. The van der Waals surface area contributed by atoms with E-state index in [1.165, 1.54) is 23.9 Å². The first-order valence-electron chi connectivity index (χ1n) is 8.29. The van der Waals surface area contributed by atoms with Gasteiger partial charge in [0.25, 0.3) is 5.69 Å². The molecular weight excluding hydrogens is 368 g/mol. The first-order chi connectivity index (χ1) is 12.8. The van der Waals surface area contributed by atoms with Crippen LogP contribution in [0.2, 0.25) is 0 Å². The summed E-state index contributed by atoms with van der Waals surface area (Å²) in [5.41, 5.74) is 0.698. The Morgan fingerprint density at radius 2 is 1.67 bits per heavy atom. The molecule has 8 heteroatoms. The largest absolute Gasteiger partial charge is 0.481 e. The Hall–Kier alpha value is -2.87. The van der Waals surface area contributed by atoms with Gasteiger partial charge in [0.15, 0.2) is 0 Å². The molecular formula is C19H20N2O5S. The minimum Gasteiger partial charge on any atom is -0.481 e. The van der Waals surface area contributed by atoms with Gasteiger partial charge < -0.3 is 10.4 Å². The number of nitrogens with one attached hydrogen (secondary N) is 1. The molecule has 0 aliphatic rings. The summed E-state index contributed by atoms with van der Waals surface area (Å²) in [5.74, 6) is -2.10. The second kappa shape index (κ2) is 9.18. The number of hydrogen-bond acceptors (Lipinski definition) is 5. The highest BCUT2D eigenvalue weighted by Crippen LogP contribution is 2.27. The summed E-state index contributed by atoms with van der Waals surface area (Å²) in [7, 11) is 0. The summed E-state index contributed by atoms with van der Waals surface area (Å²) in [6, 6.07) is 14.2. The number of nitrogens with zero attached hydrogens (tertiary/aromatic N) is 1. The molecule has 0 aromatic heterocycles. The zero-order valence-electron chi connectivity index (χ0n) is 14.9. The molecule has 3 atom stereocenters. The van der Waals surface area contributed by atoms with E-state index in [1.807, 2.05) is 6.07 Å². The highest BCUT2D eigenvalue weighted by Gasteiger charge is 2.28. The lowest BCUT2D eigenvalue weighted by Crippen LogP contribution is -2.39. The number of nitro groups is 1. The van der Waals surface area contributed by atoms with Gasteiger partial charge in [-0.2, -0.15) is 0 Å². The van der Waals surface area contributed by atoms with Gasteiger partial charge in [0.1, 0.15) is 0 Å². The number of carboxylic acids is 1. The quantitative estimate of drug-likeness (QED) is 0.406. The number of rotatable bonds is 8. The van der Waals surface area contributed by atoms with E-state index in [4.69, 9.17) is 0 Å². The second-order valence-electron chi connectivity index (χ2n) is 6.03. The van der Waals surface area contributed by atoms with Crippen LogP contribution in [-0.2, 0) is 9.59 Å².